The minimum absolute atomic E-state index is 0.118. The summed E-state index contributed by atoms with van der Waals surface area (Å²) >= 11 is 0. The summed E-state index contributed by atoms with van der Waals surface area (Å²) in [5.41, 5.74) is 1.77. The SMILES string of the molecule is CCc1nc(C(=O)O)c2ccc(N(C)C)cn12. The number of carboxylic acids is 1. The molecular weight excluding hydrogens is 218 g/mol. The van der Waals surface area contributed by atoms with Crippen molar-refractivity contribution in [3.63, 3.8) is 0 Å². The van der Waals surface area contributed by atoms with E-state index in [1.807, 2.05) is 42.6 Å². The van der Waals surface area contributed by atoms with Gasteiger partial charge in [-0.1, -0.05) is 6.92 Å². The molecule has 0 saturated heterocycles. The van der Waals surface area contributed by atoms with Gasteiger partial charge in [-0.2, -0.15) is 0 Å². The van der Waals surface area contributed by atoms with Crippen LogP contribution < -0.4 is 4.90 Å². The first-order valence-corrected chi connectivity index (χ1v) is 5.46. The minimum atomic E-state index is -0.986. The van der Waals surface area contributed by atoms with Crippen molar-refractivity contribution in [2.24, 2.45) is 0 Å². The molecule has 0 aliphatic rings. The van der Waals surface area contributed by atoms with Crippen LogP contribution in [0.3, 0.4) is 0 Å². The van der Waals surface area contributed by atoms with Gasteiger partial charge in [-0.05, 0) is 12.1 Å². The molecule has 0 spiro atoms. The number of rotatable bonds is 3. The maximum Gasteiger partial charge on any atom is 0.356 e. The molecule has 5 heteroatoms. The predicted molar refractivity (Wildman–Crippen MR) is 65.9 cm³/mol. The number of aryl methyl sites for hydroxylation is 1. The van der Waals surface area contributed by atoms with Gasteiger partial charge in [-0.25, -0.2) is 9.78 Å². The van der Waals surface area contributed by atoms with Crippen molar-refractivity contribution in [3.05, 3.63) is 29.8 Å². The number of fused-ring (bicyclic) bond motifs is 1. The third kappa shape index (κ3) is 1.84. The minimum Gasteiger partial charge on any atom is -0.476 e. The molecule has 0 radical (unpaired) electrons. The van der Waals surface area contributed by atoms with Crippen LogP contribution in [0.5, 0.6) is 0 Å². The molecule has 0 aromatic carbocycles. The Labute approximate surface area is 99.3 Å². The van der Waals surface area contributed by atoms with Crippen molar-refractivity contribution >= 4 is 17.2 Å². The van der Waals surface area contributed by atoms with Crippen LogP contribution in [0.2, 0.25) is 0 Å². The predicted octanol–water partition coefficient (Wildman–Crippen LogP) is 1.66. The average Bonchev–Trinajstić information content (AvgIpc) is 2.66. The number of nitrogens with zero attached hydrogens (tertiary/aromatic N) is 3. The molecular formula is C12H15N3O2. The fraction of sp³-hybridized carbons (Fsp3) is 0.333. The summed E-state index contributed by atoms with van der Waals surface area (Å²) < 4.78 is 1.85. The smallest absolute Gasteiger partial charge is 0.356 e. The van der Waals surface area contributed by atoms with Gasteiger partial charge in [-0.15, -0.1) is 0 Å². The lowest BCUT2D eigenvalue weighted by atomic mass is 10.3. The monoisotopic (exact) mass is 233 g/mol. The second kappa shape index (κ2) is 4.08. The number of imidazole rings is 1. The molecule has 1 N–H and O–H groups in total. The van der Waals surface area contributed by atoms with Crippen LogP contribution in [-0.4, -0.2) is 34.6 Å². The molecule has 2 rings (SSSR count). The quantitative estimate of drug-likeness (QED) is 0.876. The molecule has 0 atom stereocenters. The molecule has 0 aliphatic heterocycles. The van der Waals surface area contributed by atoms with Gasteiger partial charge < -0.3 is 14.4 Å². The first-order chi connectivity index (χ1) is 8.04. The largest absolute Gasteiger partial charge is 0.476 e. The Balaban J connectivity index is 2.72. The molecule has 0 aliphatic carbocycles. The van der Waals surface area contributed by atoms with Crippen LogP contribution in [0.15, 0.2) is 18.3 Å². The van der Waals surface area contributed by atoms with Gasteiger partial charge in [0, 0.05) is 26.7 Å². The number of pyridine rings is 1. The van der Waals surface area contributed by atoms with E-state index in [2.05, 4.69) is 4.98 Å². The first-order valence-electron chi connectivity index (χ1n) is 5.46. The molecule has 0 amide bonds. The van der Waals surface area contributed by atoms with Gasteiger partial charge in [0.1, 0.15) is 5.82 Å². The summed E-state index contributed by atoms with van der Waals surface area (Å²) in [6, 6.07) is 3.69. The summed E-state index contributed by atoms with van der Waals surface area (Å²) in [4.78, 5) is 17.2. The number of aromatic carboxylic acids is 1. The molecule has 90 valence electrons. The molecule has 0 fully saturated rings. The lowest BCUT2D eigenvalue weighted by Crippen LogP contribution is -2.09. The maximum atomic E-state index is 11.1. The third-order valence-electron chi connectivity index (χ3n) is 2.73. The van der Waals surface area contributed by atoms with Gasteiger partial charge in [0.2, 0.25) is 0 Å². The third-order valence-corrected chi connectivity index (χ3v) is 2.73. The fourth-order valence-electron chi connectivity index (χ4n) is 1.81. The Morgan fingerprint density at radius 2 is 2.18 bits per heavy atom. The Bertz CT molecular complexity index is 572. The Morgan fingerprint density at radius 1 is 1.47 bits per heavy atom. The topological polar surface area (TPSA) is 57.8 Å². The zero-order valence-corrected chi connectivity index (χ0v) is 10.1. The van der Waals surface area contributed by atoms with Gasteiger partial charge >= 0.3 is 5.97 Å². The second-order valence-electron chi connectivity index (χ2n) is 4.07. The standard InChI is InChI=1S/C12H15N3O2/c1-4-10-13-11(12(16)17)9-6-5-8(14(2)3)7-15(9)10/h5-7H,4H2,1-3H3,(H,16,17). The van der Waals surface area contributed by atoms with E-state index >= 15 is 0 Å². The van der Waals surface area contributed by atoms with E-state index in [1.54, 1.807) is 6.07 Å². The molecule has 17 heavy (non-hydrogen) atoms. The number of hydrogen-bond donors (Lipinski definition) is 1. The van der Waals surface area contributed by atoms with Crippen LogP contribution in [-0.2, 0) is 6.42 Å². The number of hydrogen-bond acceptors (Lipinski definition) is 3. The zero-order valence-electron chi connectivity index (χ0n) is 10.1. The van der Waals surface area contributed by atoms with E-state index in [4.69, 9.17) is 5.11 Å². The maximum absolute atomic E-state index is 11.1. The Kier molecular flexibility index (Phi) is 2.75. The first kappa shape index (κ1) is 11.4. The summed E-state index contributed by atoms with van der Waals surface area (Å²) in [5, 5.41) is 9.08. The van der Waals surface area contributed by atoms with Crippen molar-refractivity contribution in [1.82, 2.24) is 9.38 Å². The number of carboxylic acid groups (broad SMARTS) is 1. The van der Waals surface area contributed by atoms with Crippen LogP contribution in [0.4, 0.5) is 5.69 Å². The molecule has 0 saturated carbocycles. The highest BCUT2D eigenvalue weighted by Gasteiger charge is 2.15. The van der Waals surface area contributed by atoms with E-state index in [0.29, 0.717) is 11.9 Å². The number of aromatic nitrogens is 2. The molecule has 2 aromatic heterocycles. The van der Waals surface area contributed by atoms with E-state index in [-0.39, 0.29) is 5.69 Å². The van der Waals surface area contributed by atoms with Crippen molar-refractivity contribution in [2.75, 3.05) is 19.0 Å². The van der Waals surface area contributed by atoms with Gasteiger partial charge in [0.05, 0.1) is 11.2 Å². The fourth-order valence-corrected chi connectivity index (χ4v) is 1.81. The molecule has 0 bridgehead atoms. The average molecular weight is 233 g/mol. The normalized spacial score (nSPS) is 10.8. The second-order valence-corrected chi connectivity index (χ2v) is 4.07. The van der Waals surface area contributed by atoms with Crippen LogP contribution in [0, 0.1) is 0 Å². The number of carbonyl (C=O) groups is 1. The summed E-state index contributed by atoms with van der Waals surface area (Å²) in [5.74, 6) is -0.221. The molecule has 5 nitrogen and oxygen atoms in total. The Hall–Kier alpha value is -2.04. The molecule has 2 heterocycles. The highest BCUT2D eigenvalue weighted by atomic mass is 16.4. The lowest BCUT2D eigenvalue weighted by Gasteiger charge is -2.12. The van der Waals surface area contributed by atoms with E-state index in [1.165, 1.54) is 0 Å². The lowest BCUT2D eigenvalue weighted by molar-refractivity contribution is 0.0693. The zero-order chi connectivity index (χ0) is 12.6. The molecule has 2 aromatic rings. The van der Waals surface area contributed by atoms with Gasteiger partial charge in [0.25, 0.3) is 0 Å². The van der Waals surface area contributed by atoms with Crippen molar-refractivity contribution in [3.8, 4) is 0 Å². The van der Waals surface area contributed by atoms with Crippen molar-refractivity contribution in [2.45, 2.75) is 13.3 Å². The van der Waals surface area contributed by atoms with Gasteiger partial charge in [0.15, 0.2) is 5.69 Å². The van der Waals surface area contributed by atoms with Crippen molar-refractivity contribution < 1.29 is 9.90 Å². The van der Waals surface area contributed by atoms with E-state index in [0.717, 1.165) is 11.5 Å². The highest BCUT2D eigenvalue weighted by Crippen LogP contribution is 2.19. The van der Waals surface area contributed by atoms with Crippen LogP contribution >= 0.6 is 0 Å². The summed E-state index contributed by atoms with van der Waals surface area (Å²) in [7, 11) is 3.89. The van der Waals surface area contributed by atoms with Gasteiger partial charge in [-0.3, -0.25) is 0 Å². The highest BCUT2D eigenvalue weighted by molar-refractivity contribution is 5.93. The van der Waals surface area contributed by atoms with Crippen LogP contribution in [0.25, 0.3) is 5.52 Å². The number of anilines is 1. The molecule has 0 unspecified atom stereocenters. The van der Waals surface area contributed by atoms with Crippen molar-refractivity contribution in [1.29, 1.82) is 0 Å². The Morgan fingerprint density at radius 3 is 2.71 bits per heavy atom. The van der Waals surface area contributed by atoms with Crippen LogP contribution in [0.1, 0.15) is 23.2 Å². The van der Waals surface area contributed by atoms with E-state index in [9.17, 15) is 4.79 Å². The summed E-state index contributed by atoms with van der Waals surface area (Å²) in [6.07, 6.45) is 2.61. The summed E-state index contributed by atoms with van der Waals surface area (Å²) in [6.45, 7) is 1.96. The van der Waals surface area contributed by atoms with E-state index < -0.39 is 5.97 Å².